The highest BCUT2D eigenvalue weighted by Gasteiger charge is 2.59. The maximum absolute atomic E-state index is 10.8. The van der Waals surface area contributed by atoms with E-state index in [4.69, 9.17) is 4.74 Å². The van der Waals surface area contributed by atoms with Gasteiger partial charge in [-0.25, -0.2) is 0 Å². The Bertz CT molecular complexity index is 552. The van der Waals surface area contributed by atoms with E-state index in [1.807, 2.05) is 30.3 Å². The van der Waals surface area contributed by atoms with E-state index in [1.165, 1.54) is 12.8 Å². The molecule has 1 aromatic rings. The quantitative estimate of drug-likeness (QED) is 0.876. The summed E-state index contributed by atoms with van der Waals surface area (Å²) in [6.07, 6.45) is 4.77. The number of hydrogen-bond acceptors (Lipinski definition) is 3. The van der Waals surface area contributed by atoms with Crippen LogP contribution in [0.1, 0.15) is 51.2 Å². The zero-order chi connectivity index (χ0) is 16.1. The molecule has 0 spiro atoms. The van der Waals surface area contributed by atoms with Crippen molar-refractivity contribution in [2.75, 3.05) is 13.2 Å². The van der Waals surface area contributed by atoms with Crippen LogP contribution in [-0.4, -0.2) is 30.4 Å². The average molecular weight is 315 g/mol. The van der Waals surface area contributed by atoms with Crippen LogP contribution in [0.2, 0.25) is 0 Å². The van der Waals surface area contributed by atoms with Crippen molar-refractivity contribution in [1.29, 1.82) is 0 Å². The van der Waals surface area contributed by atoms with Crippen molar-refractivity contribution in [3.8, 4) is 0 Å². The maximum atomic E-state index is 10.8. The molecule has 4 unspecified atom stereocenters. The fourth-order valence-corrected chi connectivity index (χ4v) is 4.95. The van der Waals surface area contributed by atoms with E-state index in [-0.39, 0.29) is 16.9 Å². The van der Waals surface area contributed by atoms with Gasteiger partial charge in [0, 0.05) is 35.9 Å². The van der Waals surface area contributed by atoms with E-state index < -0.39 is 0 Å². The lowest BCUT2D eigenvalue weighted by molar-refractivity contribution is -0.193. The summed E-state index contributed by atoms with van der Waals surface area (Å²) in [6.45, 7) is 6.49. The molecule has 1 heterocycles. The summed E-state index contributed by atoms with van der Waals surface area (Å²) >= 11 is 0. The second-order valence-electron chi connectivity index (χ2n) is 8.45. The highest BCUT2D eigenvalue weighted by Crippen LogP contribution is 2.56. The van der Waals surface area contributed by atoms with Crippen molar-refractivity contribution in [3.05, 3.63) is 35.9 Å². The smallest absolute Gasteiger partial charge is 0.0858 e. The third-order valence-electron chi connectivity index (χ3n) is 6.59. The molecule has 0 amide bonds. The van der Waals surface area contributed by atoms with E-state index in [0.29, 0.717) is 18.1 Å². The molecule has 0 bridgehead atoms. The summed E-state index contributed by atoms with van der Waals surface area (Å²) in [4.78, 5) is 0. The molecule has 3 fully saturated rings. The van der Waals surface area contributed by atoms with Crippen molar-refractivity contribution in [2.24, 2.45) is 16.7 Å². The first-order valence-corrected chi connectivity index (χ1v) is 9.13. The van der Waals surface area contributed by atoms with Crippen LogP contribution in [0.5, 0.6) is 0 Å². The van der Waals surface area contributed by atoms with Crippen LogP contribution in [0.15, 0.2) is 30.3 Å². The Morgan fingerprint density at radius 3 is 2.70 bits per heavy atom. The Morgan fingerprint density at radius 1 is 1.26 bits per heavy atom. The summed E-state index contributed by atoms with van der Waals surface area (Å²) in [5.74, 6) is 0.656. The van der Waals surface area contributed by atoms with Gasteiger partial charge in [0.05, 0.1) is 12.2 Å². The van der Waals surface area contributed by atoms with Gasteiger partial charge < -0.3 is 15.2 Å². The van der Waals surface area contributed by atoms with Crippen LogP contribution < -0.4 is 5.32 Å². The van der Waals surface area contributed by atoms with Crippen molar-refractivity contribution < 1.29 is 9.84 Å². The number of fused-ring (bicyclic) bond motifs is 1. The van der Waals surface area contributed by atoms with Crippen molar-refractivity contribution in [1.82, 2.24) is 5.32 Å². The average Bonchev–Trinajstić information content (AvgIpc) is 3.36. The van der Waals surface area contributed by atoms with Gasteiger partial charge in [-0.15, -0.1) is 0 Å². The van der Waals surface area contributed by atoms with E-state index in [1.54, 1.807) is 0 Å². The first kappa shape index (κ1) is 15.6. The first-order valence-electron chi connectivity index (χ1n) is 9.13. The van der Waals surface area contributed by atoms with Gasteiger partial charge in [-0.1, -0.05) is 44.2 Å². The molecule has 4 atom stereocenters. The molecule has 2 saturated carbocycles. The third-order valence-corrected chi connectivity index (χ3v) is 6.59. The summed E-state index contributed by atoms with van der Waals surface area (Å²) in [6, 6.07) is 10.6. The standard InChI is InChI=1S/C20H29NO2/c1-19(2)16(15-9-6-12-23-18(15)19)21-13-20(10-11-20)17(22)14-7-4-3-5-8-14/h3-5,7-8,15-18,21-22H,6,9-13H2,1-2H3. The molecule has 1 aromatic carbocycles. The highest BCUT2D eigenvalue weighted by molar-refractivity contribution is 5.23. The Balaban J connectivity index is 1.41. The maximum Gasteiger partial charge on any atom is 0.0858 e. The molecule has 0 aromatic heterocycles. The van der Waals surface area contributed by atoms with E-state index in [2.05, 4.69) is 19.2 Å². The van der Waals surface area contributed by atoms with Crippen molar-refractivity contribution >= 4 is 0 Å². The predicted molar refractivity (Wildman–Crippen MR) is 91.1 cm³/mol. The van der Waals surface area contributed by atoms with Crippen LogP contribution in [0.3, 0.4) is 0 Å². The largest absolute Gasteiger partial charge is 0.388 e. The summed E-state index contributed by atoms with van der Waals surface area (Å²) < 4.78 is 6.00. The lowest BCUT2D eigenvalue weighted by Crippen LogP contribution is -2.69. The normalized spacial score (nSPS) is 35.0. The van der Waals surface area contributed by atoms with Gasteiger partial charge >= 0.3 is 0 Å². The first-order chi connectivity index (χ1) is 11.0. The molecule has 1 saturated heterocycles. The van der Waals surface area contributed by atoms with Gasteiger partial charge in [-0.3, -0.25) is 0 Å². The zero-order valence-corrected chi connectivity index (χ0v) is 14.3. The lowest BCUT2D eigenvalue weighted by atomic mass is 9.55. The number of ether oxygens (including phenoxy) is 1. The topological polar surface area (TPSA) is 41.5 Å². The second-order valence-corrected chi connectivity index (χ2v) is 8.45. The third kappa shape index (κ3) is 2.54. The minimum Gasteiger partial charge on any atom is -0.388 e. The van der Waals surface area contributed by atoms with E-state index >= 15 is 0 Å². The Hall–Kier alpha value is -0.900. The second kappa shape index (κ2) is 5.58. The highest BCUT2D eigenvalue weighted by atomic mass is 16.5. The van der Waals surface area contributed by atoms with E-state index in [0.717, 1.165) is 31.6 Å². The number of rotatable bonds is 5. The fraction of sp³-hybridized carbons (Fsp3) is 0.700. The van der Waals surface area contributed by atoms with Crippen LogP contribution in [-0.2, 0) is 4.74 Å². The molecule has 126 valence electrons. The molecule has 23 heavy (non-hydrogen) atoms. The Labute approximate surface area is 139 Å². The fourth-order valence-electron chi connectivity index (χ4n) is 4.95. The summed E-state index contributed by atoms with van der Waals surface area (Å²) in [7, 11) is 0. The minimum absolute atomic E-state index is 0.0397. The van der Waals surface area contributed by atoms with Crippen molar-refractivity contribution in [2.45, 2.75) is 57.8 Å². The van der Waals surface area contributed by atoms with Crippen LogP contribution in [0.25, 0.3) is 0 Å². The molecule has 3 nitrogen and oxygen atoms in total. The molecule has 3 heteroatoms. The number of nitrogens with one attached hydrogen (secondary N) is 1. The van der Waals surface area contributed by atoms with Crippen LogP contribution in [0.4, 0.5) is 0 Å². The minimum atomic E-state index is -0.349. The van der Waals surface area contributed by atoms with E-state index in [9.17, 15) is 5.11 Å². The van der Waals surface area contributed by atoms with Gasteiger partial charge in [-0.2, -0.15) is 0 Å². The van der Waals surface area contributed by atoms with Gasteiger partial charge in [-0.05, 0) is 31.2 Å². The molecule has 1 aliphatic heterocycles. The van der Waals surface area contributed by atoms with Crippen LogP contribution in [0, 0.1) is 16.7 Å². The van der Waals surface area contributed by atoms with Crippen LogP contribution >= 0.6 is 0 Å². The number of aliphatic hydroxyl groups excluding tert-OH is 1. The van der Waals surface area contributed by atoms with Gasteiger partial charge in [0.25, 0.3) is 0 Å². The van der Waals surface area contributed by atoms with Gasteiger partial charge in [0.15, 0.2) is 0 Å². The summed E-state index contributed by atoms with van der Waals surface area (Å²) in [5, 5.41) is 14.6. The zero-order valence-electron chi connectivity index (χ0n) is 14.3. The van der Waals surface area contributed by atoms with Gasteiger partial charge in [0.2, 0.25) is 0 Å². The molecule has 0 radical (unpaired) electrons. The molecular formula is C20H29NO2. The molecule has 4 rings (SSSR count). The van der Waals surface area contributed by atoms with Gasteiger partial charge in [0.1, 0.15) is 0 Å². The molecule has 2 N–H and O–H groups in total. The number of benzene rings is 1. The Kier molecular flexibility index (Phi) is 3.79. The Morgan fingerprint density at radius 2 is 2.00 bits per heavy atom. The number of aliphatic hydroxyl groups is 1. The molecule has 2 aliphatic carbocycles. The monoisotopic (exact) mass is 315 g/mol. The SMILES string of the molecule is CC1(C)C(NCC2(C(O)c3ccccc3)CC2)C2CCCOC21. The summed E-state index contributed by atoms with van der Waals surface area (Å²) in [5.41, 5.74) is 1.30. The predicted octanol–water partition coefficient (Wildman–Crippen LogP) is 3.29. The molecule has 3 aliphatic rings. The lowest BCUT2D eigenvalue weighted by Gasteiger charge is -2.60. The molecular weight excluding hydrogens is 286 g/mol. The van der Waals surface area contributed by atoms with Crippen molar-refractivity contribution in [3.63, 3.8) is 0 Å². The number of hydrogen-bond donors (Lipinski definition) is 2.